The molecule has 1 amide bonds. The van der Waals surface area contributed by atoms with Gasteiger partial charge in [-0.05, 0) is 37.5 Å². The number of carbonyl (C=O) groups is 2. The number of carbonyl (C=O) groups excluding carboxylic acids is 1. The topological polar surface area (TPSA) is 113 Å². The molecule has 0 saturated carbocycles. The van der Waals surface area contributed by atoms with Crippen molar-refractivity contribution < 1.29 is 27.9 Å². The highest BCUT2D eigenvalue weighted by molar-refractivity contribution is 7.89. The molecule has 132 valence electrons. The Kier molecular flexibility index (Phi) is 5.45. The van der Waals surface area contributed by atoms with Crippen LogP contribution in [0.4, 0.5) is 5.69 Å². The predicted octanol–water partition coefficient (Wildman–Crippen LogP) is 1.28. The third-order valence-corrected chi connectivity index (χ3v) is 5.74. The first-order valence-corrected chi connectivity index (χ1v) is 8.91. The molecule has 2 N–H and O–H groups in total. The maximum atomic E-state index is 13.0. The number of anilines is 1. The minimum atomic E-state index is -4.08. The highest BCUT2D eigenvalue weighted by Gasteiger charge is 2.39. The average molecular weight is 356 g/mol. The van der Waals surface area contributed by atoms with Crippen molar-refractivity contribution in [2.75, 3.05) is 19.0 Å². The summed E-state index contributed by atoms with van der Waals surface area (Å²) in [6.45, 7) is 1.44. The number of hydrogen-bond donors (Lipinski definition) is 2. The van der Waals surface area contributed by atoms with Gasteiger partial charge in [-0.1, -0.05) is 0 Å². The van der Waals surface area contributed by atoms with Crippen LogP contribution in [0.3, 0.4) is 0 Å². The molecule has 1 aliphatic rings. The number of benzene rings is 1. The molecule has 1 heterocycles. The number of nitrogens with zero attached hydrogens (tertiary/aromatic N) is 1. The highest BCUT2D eigenvalue weighted by atomic mass is 32.2. The normalized spacial score (nSPS) is 18.8. The van der Waals surface area contributed by atoms with Crippen LogP contribution in [0.2, 0.25) is 0 Å². The molecule has 1 unspecified atom stereocenters. The van der Waals surface area contributed by atoms with Crippen molar-refractivity contribution in [3.05, 3.63) is 18.2 Å². The van der Waals surface area contributed by atoms with E-state index in [1.165, 1.54) is 32.2 Å². The summed E-state index contributed by atoms with van der Waals surface area (Å²) >= 11 is 0. The van der Waals surface area contributed by atoms with Gasteiger partial charge in [0, 0.05) is 19.2 Å². The molecule has 0 spiro atoms. The molecule has 1 saturated heterocycles. The summed E-state index contributed by atoms with van der Waals surface area (Å²) < 4.78 is 32.1. The third-order valence-electron chi connectivity index (χ3n) is 3.81. The fraction of sp³-hybridized carbons (Fsp3) is 0.467. The van der Waals surface area contributed by atoms with Crippen molar-refractivity contribution in [3.63, 3.8) is 0 Å². The number of amides is 1. The van der Waals surface area contributed by atoms with E-state index in [1.807, 2.05) is 0 Å². The maximum absolute atomic E-state index is 13.0. The molecule has 2 rings (SSSR count). The lowest BCUT2D eigenvalue weighted by atomic mass is 10.1. The molecule has 8 nitrogen and oxygen atoms in total. The molecule has 1 aromatic rings. The summed E-state index contributed by atoms with van der Waals surface area (Å²) in [6.07, 6.45) is 1.52. The van der Waals surface area contributed by atoms with E-state index in [-0.39, 0.29) is 29.5 Å². The number of aliphatic carboxylic acids is 1. The summed E-state index contributed by atoms with van der Waals surface area (Å²) in [5.41, 5.74) is 0.297. The van der Waals surface area contributed by atoms with Gasteiger partial charge in [0.25, 0.3) is 0 Å². The van der Waals surface area contributed by atoms with Crippen LogP contribution in [0.25, 0.3) is 0 Å². The molecule has 9 heteroatoms. The van der Waals surface area contributed by atoms with Gasteiger partial charge in [0.15, 0.2) is 0 Å². The van der Waals surface area contributed by atoms with Crippen LogP contribution in [0.5, 0.6) is 5.75 Å². The first kappa shape index (κ1) is 18.2. The zero-order valence-electron chi connectivity index (χ0n) is 13.5. The minimum absolute atomic E-state index is 0.0961. The van der Waals surface area contributed by atoms with Crippen LogP contribution in [0, 0.1) is 0 Å². The van der Waals surface area contributed by atoms with Gasteiger partial charge in [0.05, 0.1) is 7.11 Å². The van der Waals surface area contributed by atoms with E-state index < -0.39 is 22.0 Å². The number of hydrogen-bond acceptors (Lipinski definition) is 5. The van der Waals surface area contributed by atoms with Gasteiger partial charge in [0.2, 0.25) is 15.9 Å². The van der Waals surface area contributed by atoms with Gasteiger partial charge >= 0.3 is 5.97 Å². The summed E-state index contributed by atoms with van der Waals surface area (Å²) in [5, 5.41) is 11.8. The Morgan fingerprint density at radius 1 is 1.33 bits per heavy atom. The van der Waals surface area contributed by atoms with Crippen molar-refractivity contribution in [3.8, 4) is 5.75 Å². The standard InChI is InChI=1S/C15H20N2O6S/c1-10(18)16-11-6-7-13(23-2)14(9-11)24(21,22)17-8-4-3-5-12(17)15(19)20/h6-7,9,12H,3-5,8H2,1-2H3,(H,16,18)(H,19,20). The zero-order chi connectivity index (χ0) is 17.9. The Morgan fingerprint density at radius 3 is 2.62 bits per heavy atom. The van der Waals surface area contributed by atoms with Gasteiger partial charge in [-0.3, -0.25) is 9.59 Å². The molecule has 1 aromatic carbocycles. The number of carboxylic acid groups (broad SMARTS) is 1. The van der Waals surface area contributed by atoms with E-state index in [4.69, 9.17) is 4.74 Å². The quantitative estimate of drug-likeness (QED) is 0.822. The largest absolute Gasteiger partial charge is 0.495 e. The van der Waals surface area contributed by atoms with Crippen LogP contribution in [0.15, 0.2) is 23.1 Å². The zero-order valence-corrected chi connectivity index (χ0v) is 14.3. The van der Waals surface area contributed by atoms with Crippen molar-refractivity contribution in [1.29, 1.82) is 0 Å². The highest BCUT2D eigenvalue weighted by Crippen LogP contribution is 2.33. The summed E-state index contributed by atoms with van der Waals surface area (Å²) in [4.78, 5) is 22.4. The molecule has 0 radical (unpaired) electrons. The van der Waals surface area contributed by atoms with E-state index in [2.05, 4.69) is 5.32 Å². The lowest BCUT2D eigenvalue weighted by Gasteiger charge is -2.32. The summed E-state index contributed by atoms with van der Waals surface area (Å²) in [6, 6.07) is 3.13. The second kappa shape index (κ2) is 7.18. The molecule has 0 aliphatic carbocycles. The SMILES string of the molecule is COc1ccc(NC(C)=O)cc1S(=O)(=O)N1CCCCC1C(=O)O. The minimum Gasteiger partial charge on any atom is -0.495 e. The molecular weight excluding hydrogens is 336 g/mol. The Labute approximate surface area is 140 Å². The maximum Gasteiger partial charge on any atom is 0.322 e. The first-order chi connectivity index (χ1) is 11.3. The van der Waals surface area contributed by atoms with E-state index in [0.29, 0.717) is 18.5 Å². The van der Waals surface area contributed by atoms with Gasteiger partial charge in [-0.2, -0.15) is 4.31 Å². The number of ether oxygens (including phenoxy) is 1. The smallest absolute Gasteiger partial charge is 0.322 e. The number of sulfonamides is 1. The summed E-state index contributed by atoms with van der Waals surface area (Å²) in [5.74, 6) is -1.42. The molecule has 1 aliphatic heterocycles. The molecule has 1 atom stereocenters. The van der Waals surface area contributed by atoms with Crippen LogP contribution < -0.4 is 10.1 Å². The number of methoxy groups -OCH3 is 1. The van der Waals surface area contributed by atoms with Gasteiger partial charge < -0.3 is 15.2 Å². The average Bonchev–Trinajstić information content (AvgIpc) is 2.54. The van der Waals surface area contributed by atoms with E-state index in [9.17, 15) is 23.1 Å². The number of piperidine rings is 1. The van der Waals surface area contributed by atoms with Crippen molar-refractivity contribution in [2.45, 2.75) is 37.1 Å². The second-order valence-electron chi connectivity index (χ2n) is 5.51. The van der Waals surface area contributed by atoms with E-state index in [1.54, 1.807) is 0 Å². The number of rotatable bonds is 5. The van der Waals surface area contributed by atoms with Gasteiger partial charge in [0.1, 0.15) is 16.7 Å². The monoisotopic (exact) mass is 356 g/mol. The predicted molar refractivity (Wildman–Crippen MR) is 86.5 cm³/mol. The molecular formula is C15H20N2O6S. The second-order valence-corrected chi connectivity index (χ2v) is 7.37. The third kappa shape index (κ3) is 3.68. The van der Waals surface area contributed by atoms with Crippen molar-refractivity contribution >= 4 is 27.6 Å². The van der Waals surface area contributed by atoms with Crippen LogP contribution in [-0.2, 0) is 19.6 Å². The molecule has 24 heavy (non-hydrogen) atoms. The van der Waals surface area contributed by atoms with Crippen LogP contribution >= 0.6 is 0 Å². The van der Waals surface area contributed by atoms with E-state index in [0.717, 1.165) is 4.31 Å². The fourth-order valence-electron chi connectivity index (χ4n) is 2.73. The van der Waals surface area contributed by atoms with Gasteiger partial charge in [-0.15, -0.1) is 0 Å². The first-order valence-electron chi connectivity index (χ1n) is 7.47. The lowest BCUT2D eigenvalue weighted by Crippen LogP contribution is -2.47. The Morgan fingerprint density at radius 2 is 2.04 bits per heavy atom. The Bertz CT molecular complexity index is 746. The van der Waals surface area contributed by atoms with E-state index >= 15 is 0 Å². The molecule has 0 aromatic heterocycles. The Hall–Kier alpha value is -2.13. The summed E-state index contributed by atoms with van der Waals surface area (Å²) in [7, 11) is -2.75. The molecule has 0 bridgehead atoms. The molecule has 1 fully saturated rings. The van der Waals surface area contributed by atoms with Crippen LogP contribution in [-0.4, -0.2) is 49.4 Å². The number of carboxylic acids is 1. The van der Waals surface area contributed by atoms with Crippen LogP contribution in [0.1, 0.15) is 26.2 Å². The Balaban J connectivity index is 2.50. The van der Waals surface area contributed by atoms with Crippen molar-refractivity contribution in [2.24, 2.45) is 0 Å². The fourth-order valence-corrected chi connectivity index (χ4v) is 4.56. The lowest BCUT2D eigenvalue weighted by molar-refractivity contribution is -0.142. The number of nitrogens with one attached hydrogen (secondary N) is 1. The van der Waals surface area contributed by atoms with Gasteiger partial charge in [-0.25, -0.2) is 8.42 Å². The van der Waals surface area contributed by atoms with Crippen molar-refractivity contribution in [1.82, 2.24) is 4.31 Å².